The largest absolute Gasteiger partial charge is 0.468 e. The predicted octanol–water partition coefficient (Wildman–Crippen LogP) is 2.39. The Balaban J connectivity index is 1.35. The smallest absolute Gasteiger partial charge is 0.122 e. The third-order valence-corrected chi connectivity index (χ3v) is 4.08. The Bertz CT molecular complexity index is 410. The number of nitrogens with zero attached hydrogens (tertiary/aromatic N) is 1. The van der Waals surface area contributed by atoms with Gasteiger partial charge in [-0.3, -0.25) is 4.90 Å². The van der Waals surface area contributed by atoms with Gasteiger partial charge in [0.2, 0.25) is 0 Å². The van der Waals surface area contributed by atoms with E-state index in [9.17, 15) is 0 Å². The summed E-state index contributed by atoms with van der Waals surface area (Å²) >= 11 is 0. The van der Waals surface area contributed by atoms with E-state index in [2.05, 4.69) is 23.3 Å². The molecular weight excluding hydrogens is 252 g/mol. The summed E-state index contributed by atoms with van der Waals surface area (Å²) in [6.45, 7) is 4.53. The standard InChI is InChI=1S/C16H26N2O2/c1-18(7-9-19-12-13-2-3-13)11-16-14(6-8-20-16)10-17-15-4-5-15/h6,8,13,15,17H,2-5,7,9-12H2,1H3. The highest BCUT2D eigenvalue weighted by Crippen LogP contribution is 2.28. The molecule has 0 radical (unpaired) electrons. The van der Waals surface area contributed by atoms with Crippen LogP contribution in [-0.2, 0) is 17.8 Å². The van der Waals surface area contributed by atoms with Gasteiger partial charge in [0.05, 0.1) is 19.4 Å². The van der Waals surface area contributed by atoms with Gasteiger partial charge in [0.25, 0.3) is 0 Å². The highest BCUT2D eigenvalue weighted by atomic mass is 16.5. The predicted molar refractivity (Wildman–Crippen MR) is 78.4 cm³/mol. The third-order valence-electron chi connectivity index (χ3n) is 4.08. The fourth-order valence-corrected chi connectivity index (χ4v) is 2.28. The molecule has 1 aromatic rings. The van der Waals surface area contributed by atoms with Crippen molar-refractivity contribution >= 4 is 0 Å². The topological polar surface area (TPSA) is 37.6 Å². The second kappa shape index (κ2) is 6.74. The zero-order valence-electron chi connectivity index (χ0n) is 12.4. The second-order valence-electron chi connectivity index (χ2n) is 6.28. The van der Waals surface area contributed by atoms with Crippen LogP contribution in [-0.4, -0.2) is 37.7 Å². The summed E-state index contributed by atoms with van der Waals surface area (Å²) in [7, 11) is 2.13. The van der Waals surface area contributed by atoms with E-state index < -0.39 is 0 Å². The minimum Gasteiger partial charge on any atom is -0.468 e. The summed E-state index contributed by atoms with van der Waals surface area (Å²) in [5.41, 5.74) is 1.29. The molecule has 0 aliphatic heterocycles. The lowest BCUT2D eigenvalue weighted by molar-refractivity contribution is 0.0999. The molecule has 1 heterocycles. The summed E-state index contributed by atoms with van der Waals surface area (Å²) in [5.74, 6) is 1.94. The van der Waals surface area contributed by atoms with Crippen molar-refractivity contribution in [3.05, 3.63) is 23.7 Å². The maximum atomic E-state index is 5.68. The van der Waals surface area contributed by atoms with Crippen LogP contribution in [0.3, 0.4) is 0 Å². The van der Waals surface area contributed by atoms with Gasteiger partial charge in [-0.25, -0.2) is 0 Å². The zero-order chi connectivity index (χ0) is 13.8. The molecule has 3 rings (SSSR count). The molecule has 0 unspecified atom stereocenters. The number of nitrogens with one attached hydrogen (secondary N) is 1. The zero-order valence-corrected chi connectivity index (χ0v) is 12.4. The molecule has 112 valence electrons. The first-order valence-electron chi connectivity index (χ1n) is 7.86. The Labute approximate surface area is 121 Å². The molecular formula is C16H26N2O2. The maximum absolute atomic E-state index is 5.68. The van der Waals surface area contributed by atoms with E-state index in [1.807, 2.05) is 0 Å². The van der Waals surface area contributed by atoms with E-state index in [4.69, 9.17) is 9.15 Å². The summed E-state index contributed by atoms with van der Waals surface area (Å²) in [5, 5.41) is 3.54. The first kappa shape index (κ1) is 14.1. The SMILES string of the molecule is CN(CCOCC1CC1)Cc1occc1CNC1CC1. The molecule has 0 bridgehead atoms. The van der Waals surface area contributed by atoms with Gasteiger partial charge < -0.3 is 14.5 Å². The third kappa shape index (κ3) is 4.62. The fraction of sp³-hybridized carbons (Fsp3) is 0.750. The van der Waals surface area contributed by atoms with Crippen LogP contribution in [0.1, 0.15) is 37.0 Å². The van der Waals surface area contributed by atoms with Gasteiger partial charge in [-0.1, -0.05) is 0 Å². The van der Waals surface area contributed by atoms with Gasteiger partial charge in [0, 0.05) is 31.3 Å². The van der Waals surface area contributed by atoms with Crippen molar-refractivity contribution < 1.29 is 9.15 Å². The maximum Gasteiger partial charge on any atom is 0.122 e. The molecule has 0 saturated heterocycles. The molecule has 2 aliphatic carbocycles. The van der Waals surface area contributed by atoms with Crippen molar-refractivity contribution in [2.75, 3.05) is 26.8 Å². The lowest BCUT2D eigenvalue weighted by atomic mass is 10.2. The van der Waals surface area contributed by atoms with Crippen LogP contribution >= 0.6 is 0 Å². The van der Waals surface area contributed by atoms with Gasteiger partial charge in [0.15, 0.2) is 0 Å². The highest BCUT2D eigenvalue weighted by Gasteiger charge is 2.22. The molecule has 0 amide bonds. The molecule has 4 heteroatoms. The minimum absolute atomic E-state index is 0.742. The Morgan fingerprint density at radius 2 is 2.20 bits per heavy atom. The Morgan fingerprint density at radius 3 is 2.95 bits per heavy atom. The number of hydrogen-bond donors (Lipinski definition) is 1. The van der Waals surface area contributed by atoms with Gasteiger partial charge >= 0.3 is 0 Å². The van der Waals surface area contributed by atoms with E-state index in [0.717, 1.165) is 50.6 Å². The van der Waals surface area contributed by atoms with Crippen molar-refractivity contribution in [1.82, 2.24) is 10.2 Å². The van der Waals surface area contributed by atoms with Crippen LogP contribution in [0.2, 0.25) is 0 Å². The summed E-state index contributed by atoms with van der Waals surface area (Å²) in [4.78, 5) is 2.27. The van der Waals surface area contributed by atoms with Crippen LogP contribution in [0, 0.1) is 5.92 Å². The van der Waals surface area contributed by atoms with Crippen LogP contribution < -0.4 is 5.32 Å². The molecule has 2 fully saturated rings. The molecule has 0 aromatic carbocycles. The number of furan rings is 1. The molecule has 2 aliphatic rings. The average molecular weight is 278 g/mol. The van der Waals surface area contributed by atoms with E-state index >= 15 is 0 Å². The first-order chi connectivity index (χ1) is 9.81. The quantitative estimate of drug-likeness (QED) is 0.667. The second-order valence-corrected chi connectivity index (χ2v) is 6.28. The molecule has 1 N–H and O–H groups in total. The normalized spacial score (nSPS) is 18.9. The van der Waals surface area contributed by atoms with Crippen LogP contribution in [0.5, 0.6) is 0 Å². The van der Waals surface area contributed by atoms with E-state index in [0.29, 0.717) is 0 Å². The molecule has 1 aromatic heterocycles. The lowest BCUT2D eigenvalue weighted by Gasteiger charge is -2.16. The monoisotopic (exact) mass is 278 g/mol. The number of ether oxygens (including phenoxy) is 1. The fourth-order valence-electron chi connectivity index (χ4n) is 2.28. The number of rotatable bonds is 10. The van der Waals surface area contributed by atoms with Gasteiger partial charge in [-0.05, 0) is 44.7 Å². The highest BCUT2D eigenvalue weighted by molar-refractivity contribution is 5.17. The minimum atomic E-state index is 0.742. The molecule has 0 atom stereocenters. The molecule has 0 spiro atoms. The molecule has 20 heavy (non-hydrogen) atoms. The van der Waals surface area contributed by atoms with Crippen LogP contribution in [0.15, 0.2) is 16.7 Å². The Kier molecular flexibility index (Phi) is 4.76. The van der Waals surface area contributed by atoms with E-state index in [1.54, 1.807) is 6.26 Å². The first-order valence-corrected chi connectivity index (χ1v) is 7.86. The summed E-state index contributed by atoms with van der Waals surface area (Å²) < 4.78 is 11.3. The number of hydrogen-bond acceptors (Lipinski definition) is 4. The van der Waals surface area contributed by atoms with Crippen LogP contribution in [0.25, 0.3) is 0 Å². The molecule has 2 saturated carbocycles. The lowest BCUT2D eigenvalue weighted by Crippen LogP contribution is -2.24. The summed E-state index contributed by atoms with van der Waals surface area (Å²) in [6.07, 6.45) is 7.17. The van der Waals surface area contributed by atoms with Crippen molar-refractivity contribution in [3.63, 3.8) is 0 Å². The van der Waals surface area contributed by atoms with Crippen molar-refractivity contribution in [2.24, 2.45) is 5.92 Å². The van der Waals surface area contributed by atoms with Crippen molar-refractivity contribution in [2.45, 2.75) is 44.8 Å². The van der Waals surface area contributed by atoms with Crippen LogP contribution in [0.4, 0.5) is 0 Å². The van der Waals surface area contributed by atoms with Crippen molar-refractivity contribution in [1.29, 1.82) is 0 Å². The summed E-state index contributed by atoms with van der Waals surface area (Å²) in [6, 6.07) is 2.83. The van der Waals surface area contributed by atoms with Gasteiger partial charge in [-0.2, -0.15) is 0 Å². The Hall–Kier alpha value is -0.840. The van der Waals surface area contributed by atoms with E-state index in [1.165, 1.54) is 31.2 Å². The van der Waals surface area contributed by atoms with E-state index in [-0.39, 0.29) is 0 Å². The van der Waals surface area contributed by atoms with Gasteiger partial charge in [-0.15, -0.1) is 0 Å². The number of likely N-dealkylation sites (N-methyl/N-ethyl adjacent to an activating group) is 1. The average Bonchev–Trinajstić information content (AvgIpc) is 3.34. The Morgan fingerprint density at radius 1 is 1.35 bits per heavy atom. The van der Waals surface area contributed by atoms with Crippen molar-refractivity contribution in [3.8, 4) is 0 Å². The van der Waals surface area contributed by atoms with Gasteiger partial charge in [0.1, 0.15) is 5.76 Å². The molecule has 4 nitrogen and oxygen atoms in total.